The first-order valence-corrected chi connectivity index (χ1v) is 7.38. The molecule has 0 aromatic heterocycles. The van der Waals surface area contributed by atoms with Crippen molar-refractivity contribution in [3.05, 3.63) is 29.3 Å². The Labute approximate surface area is 126 Å². The Balaban J connectivity index is 1.77. The van der Waals surface area contributed by atoms with Gasteiger partial charge in [-0.3, -0.25) is 9.59 Å². The molecular formula is C15H14ClNO4. The molecule has 21 heavy (non-hydrogen) atoms. The Bertz CT molecular complexity index is 616. The summed E-state index contributed by atoms with van der Waals surface area (Å²) in [5.74, 6) is -2.35. The van der Waals surface area contributed by atoms with Crippen molar-refractivity contribution in [1.29, 1.82) is 0 Å². The standard InChI is InChI=1S/C15H14ClNO4/c16-8-3-1-2-4-9(8)17-14(20)10-6-5-7(11(10)15(17)21)13(19)12(6)18/h1-4,6-7,10-13,18-19H,5H2. The van der Waals surface area contributed by atoms with Gasteiger partial charge in [0.1, 0.15) is 0 Å². The van der Waals surface area contributed by atoms with Crippen molar-refractivity contribution in [3.8, 4) is 0 Å². The predicted octanol–water partition coefficient (Wildman–Crippen LogP) is 0.817. The topological polar surface area (TPSA) is 77.8 Å². The van der Waals surface area contributed by atoms with E-state index in [0.717, 1.165) is 4.90 Å². The second kappa shape index (κ2) is 4.29. The van der Waals surface area contributed by atoms with Gasteiger partial charge in [0, 0.05) is 11.8 Å². The van der Waals surface area contributed by atoms with Crippen molar-refractivity contribution >= 4 is 29.1 Å². The molecule has 5 nitrogen and oxygen atoms in total. The molecule has 1 heterocycles. The van der Waals surface area contributed by atoms with Crippen molar-refractivity contribution < 1.29 is 19.8 Å². The minimum absolute atomic E-state index is 0.309. The number of aliphatic hydroxyl groups excluding tert-OH is 2. The molecular weight excluding hydrogens is 294 g/mol. The lowest BCUT2D eigenvalue weighted by atomic mass is 9.78. The van der Waals surface area contributed by atoms with Gasteiger partial charge in [-0.15, -0.1) is 0 Å². The highest BCUT2D eigenvalue weighted by molar-refractivity contribution is 6.36. The van der Waals surface area contributed by atoms with Gasteiger partial charge in [0.25, 0.3) is 0 Å². The number of imide groups is 1. The number of aliphatic hydroxyl groups is 2. The van der Waals surface area contributed by atoms with E-state index in [-0.39, 0.29) is 23.7 Å². The zero-order valence-electron chi connectivity index (χ0n) is 11.0. The lowest BCUT2D eigenvalue weighted by Crippen LogP contribution is -2.43. The number of fused-ring (bicyclic) bond motifs is 5. The largest absolute Gasteiger partial charge is 0.390 e. The maximum Gasteiger partial charge on any atom is 0.238 e. The molecule has 1 saturated heterocycles. The summed E-state index contributed by atoms with van der Waals surface area (Å²) in [6.45, 7) is 0. The molecule has 1 aromatic rings. The van der Waals surface area contributed by atoms with E-state index in [1.807, 2.05) is 0 Å². The highest BCUT2D eigenvalue weighted by Gasteiger charge is 2.67. The number of amides is 2. The van der Waals surface area contributed by atoms with E-state index in [0.29, 0.717) is 17.1 Å². The summed E-state index contributed by atoms with van der Waals surface area (Å²) >= 11 is 6.09. The molecule has 6 atom stereocenters. The average molecular weight is 308 g/mol. The Kier molecular flexibility index (Phi) is 2.70. The Hall–Kier alpha value is -1.43. The molecule has 2 aliphatic carbocycles. The molecule has 0 radical (unpaired) electrons. The fraction of sp³-hybridized carbons (Fsp3) is 0.467. The fourth-order valence-electron chi connectivity index (χ4n) is 4.30. The van der Waals surface area contributed by atoms with Crippen LogP contribution in [0.5, 0.6) is 0 Å². The summed E-state index contributed by atoms with van der Waals surface area (Å²) in [5.41, 5.74) is 0.381. The van der Waals surface area contributed by atoms with Crippen LogP contribution in [0.1, 0.15) is 6.42 Å². The van der Waals surface area contributed by atoms with Crippen LogP contribution in [0.4, 0.5) is 5.69 Å². The van der Waals surface area contributed by atoms with Gasteiger partial charge in [-0.05, 0) is 18.6 Å². The number of para-hydroxylation sites is 1. The molecule has 0 spiro atoms. The molecule has 1 aliphatic heterocycles. The van der Waals surface area contributed by atoms with Crippen molar-refractivity contribution in [1.82, 2.24) is 0 Å². The van der Waals surface area contributed by atoms with E-state index in [2.05, 4.69) is 0 Å². The van der Waals surface area contributed by atoms with Crippen LogP contribution in [-0.2, 0) is 9.59 Å². The minimum atomic E-state index is -0.917. The SMILES string of the molecule is O=C1C2C3CC(C(O)C3O)C2C(=O)N1c1ccccc1Cl. The second-order valence-corrected chi connectivity index (χ2v) is 6.47. The smallest absolute Gasteiger partial charge is 0.238 e. The van der Waals surface area contributed by atoms with Crippen molar-refractivity contribution in [3.63, 3.8) is 0 Å². The fourth-order valence-corrected chi connectivity index (χ4v) is 4.52. The van der Waals surface area contributed by atoms with E-state index < -0.39 is 24.0 Å². The van der Waals surface area contributed by atoms with Gasteiger partial charge in [0.05, 0.1) is 34.8 Å². The van der Waals surface area contributed by atoms with Gasteiger partial charge in [0.15, 0.2) is 0 Å². The highest BCUT2D eigenvalue weighted by atomic mass is 35.5. The van der Waals surface area contributed by atoms with Gasteiger partial charge >= 0.3 is 0 Å². The number of nitrogens with zero attached hydrogens (tertiary/aromatic N) is 1. The highest BCUT2D eigenvalue weighted by Crippen LogP contribution is 2.57. The van der Waals surface area contributed by atoms with Crippen LogP contribution in [0.2, 0.25) is 5.02 Å². The number of rotatable bonds is 1. The zero-order chi connectivity index (χ0) is 14.9. The lowest BCUT2D eigenvalue weighted by molar-refractivity contribution is -0.129. The van der Waals surface area contributed by atoms with Gasteiger partial charge in [0.2, 0.25) is 11.8 Å². The molecule has 6 unspecified atom stereocenters. The van der Waals surface area contributed by atoms with E-state index in [1.165, 1.54) is 0 Å². The van der Waals surface area contributed by atoms with E-state index in [4.69, 9.17) is 11.6 Å². The Morgan fingerprint density at radius 1 is 1.00 bits per heavy atom. The number of halogens is 1. The van der Waals surface area contributed by atoms with Crippen LogP contribution >= 0.6 is 11.6 Å². The van der Waals surface area contributed by atoms with Crippen LogP contribution in [0.15, 0.2) is 24.3 Å². The predicted molar refractivity (Wildman–Crippen MR) is 74.5 cm³/mol. The maximum atomic E-state index is 12.6. The number of anilines is 1. The third-order valence-electron chi connectivity index (χ3n) is 5.19. The molecule has 6 heteroatoms. The minimum Gasteiger partial charge on any atom is -0.390 e. The molecule has 2 amide bonds. The van der Waals surface area contributed by atoms with Crippen LogP contribution < -0.4 is 4.90 Å². The third-order valence-corrected chi connectivity index (χ3v) is 5.51. The van der Waals surface area contributed by atoms with E-state index in [9.17, 15) is 19.8 Å². The first-order chi connectivity index (χ1) is 10.0. The first kappa shape index (κ1) is 13.2. The van der Waals surface area contributed by atoms with Crippen molar-refractivity contribution in [2.45, 2.75) is 18.6 Å². The maximum absolute atomic E-state index is 12.6. The van der Waals surface area contributed by atoms with Crippen LogP contribution in [0.3, 0.4) is 0 Å². The number of hydrogen-bond donors (Lipinski definition) is 2. The molecule has 2 N–H and O–H groups in total. The summed E-state index contributed by atoms with van der Waals surface area (Å²) in [7, 11) is 0. The Morgan fingerprint density at radius 3 is 2.05 bits per heavy atom. The second-order valence-electron chi connectivity index (χ2n) is 6.06. The lowest BCUT2D eigenvalue weighted by Gasteiger charge is -2.29. The van der Waals surface area contributed by atoms with Gasteiger partial charge < -0.3 is 10.2 Å². The summed E-state index contributed by atoms with van der Waals surface area (Å²) in [5, 5.41) is 20.3. The summed E-state index contributed by atoms with van der Waals surface area (Å²) < 4.78 is 0. The average Bonchev–Trinajstić information content (AvgIpc) is 3.06. The van der Waals surface area contributed by atoms with E-state index >= 15 is 0 Å². The first-order valence-electron chi connectivity index (χ1n) is 7.01. The monoisotopic (exact) mass is 307 g/mol. The number of carbonyl (C=O) groups is 2. The molecule has 3 aliphatic rings. The van der Waals surface area contributed by atoms with Crippen molar-refractivity contribution in [2.24, 2.45) is 23.7 Å². The van der Waals surface area contributed by atoms with Crippen LogP contribution in [-0.4, -0.2) is 34.2 Å². The molecule has 2 bridgehead atoms. The quantitative estimate of drug-likeness (QED) is 0.753. The van der Waals surface area contributed by atoms with Gasteiger partial charge in [-0.1, -0.05) is 23.7 Å². The van der Waals surface area contributed by atoms with Crippen molar-refractivity contribution in [2.75, 3.05) is 4.90 Å². The molecule has 2 saturated carbocycles. The molecule has 3 fully saturated rings. The molecule has 1 aromatic carbocycles. The van der Waals surface area contributed by atoms with Crippen LogP contribution in [0, 0.1) is 23.7 Å². The normalized spacial score (nSPS) is 41.0. The number of hydrogen-bond acceptors (Lipinski definition) is 4. The third kappa shape index (κ3) is 1.54. The summed E-state index contributed by atoms with van der Waals surface area (Å²) in [4.78, 5) is 26.4. The number of benzene rings is 1. The van der Waals surface area contributed by atoms with E-state index in [1.54, 1.807) is 24.3 Å². The van der Waals surface area contributed by atoms with Gasteiger partial charge in [-0.25, -0.2) is 4.90 Å². The molecule has 110 valence electrons. The van der Waals surface area contributed by atoms with Crippen LogP contribution in [0.25, 0.3) is 0 Å². The number of carbonyl (C=O) groups excluding carboxylic acids is 2. The molecule has 4 rings (SSSR count). The summed E-state index contributed by atoms with van der Waals surface area (Å²) in [6.07, 6.45) is -1.30. The van der Waals surface area contributed by atoms with Gasteiger partial charge in [-0.2, -0.15) is 0 Å². The summed E-state index contributed by atoms with van der Waals surface area (Å²) in [6, 6.07) is 6.71. The Morgan fingerprint density at radius 2 is 1.52 bits per heavy atom. The zero-order valence-corrected chi connectivity index (χ0v) is 11.8.